The van der Waals surface area contributed by atoms with Crippen LogP contribution >= 0.6 is 0 Å². The molecule has 1 aliphatic rings. The summed E-state index contributed by atoms with van der Waals surface area (Å²) in [6.07, 6.45) is 1.79. The molecule has 1 aromatic heterocycles. The van der Waals surface area contributed by atoms with Gasteiger partial charge in [0.1, 0.15) is 12.4 Å². The number of ether oxygens (including phenoxy) is 2. The average Bonchev–Trinajstić information content (AvgIpc) is 2.66. The number of rotatable bonds is 6. The highest BCUT2D eigenvalue weighted by Crippen LogP contribution is 2.15. The van der Waals surface area contributed by atoms with Crippen LogP contribution in [0.25, 0.3) is 0 Å². The van der Waals surface area contributed by atoms with Gasteiger partial charge in [0.25, 0.3) is 5.69 Å². The molecule has 1 aromatic carbocycles. The Hall–Kier alpha value is -2.60. The molecule has 1 saturated heterocycles. The van der Waals surface area contributed by atoms with E-state index in [1.165, 1.54) is 0 Å². The molecule has 0 radical (unpaired) electrons. The average molecular weight is 342 g/mol. The SMILES string of the molecule is Cc1cccc(OCCNC(=O)c2cc(N3CCOCC3)cc[nH+]2)c1. The summed E-state index contributed by atoms with van der Waals surface area (Å²) in [6, 6.07) is 11.7. The first-order valence-electron chi connectivity index (χ1n) is 8.54. The van der Waals surface area contributed by atoms with Crippen LogP contribution in [0.4, 0.5) is 5.69 Å². The first-order chi connectivity index (χ1) is 12.2. The Morgan fingerprint density at radius 1 is 1.28 bits per heavy atom. The number of anilines is 1. The third-order valence-corrected chi connectivity index (χ3v) is 4.05. The van der Waals surface area contributed by atoms with E-state index in [-0.39, 0.29) is 5.91 Å². The summed E-state index contributed by atoms with van der Waals surface area (Å²) in [5.41, 5.74) is 2.72. The number of pyridine rings is 1. The van der Waals surface area contributed by atoms with E-state index < -0.39 is 0 Å². The van der Waals surface area contributed by atoms with Crippen molar-refractivity contribution < 1.29 is 19.3 Å². The van der Waals surface area contributed by atoms with E-state index in [1.54, 1.807) is 6.20 Å². The minimum absolute atomic E-state index is 0.136. The standard InChI is InChI=1S/C19H23N3O3/c1-15-3-2-4-17(13-15)25-10-7-21-19(23)18-14-16(5-6-20-18)22-8-11-24-12-9-22/h2-6,13-14H,7-12H2,1H3,(H,21,23)/p+1. The van der Waals surface area contributed by atoms with Crippen LogP contribution in [0.1, 0.15) is 16.1 Å². The Kier molecular flexibility index (Phi) is 5.85. The summed E-state index contributed by atoms with van der Waals surface area (Å²) in [5, 5.41) is 2.88. The highest BCUT2D eigenvalue weighted by Gasteiger charge is 2.17. The maximum atomic E-state index is 12.3. The van der Waals surface area contributed by atoms with Crippen molar-refractivity contribution in [1.29, 1.82) is 0 Å². The van der Waals surface area contributed by atoms with Crippen molar-refractivity contribution >= 4 is 11.6 Å². The van der Waals surface area contributed by atoms with Crippen molar-refractivity contribution in [2.45, 2.75) is 6.92 Å². The highest BCUT2D eigenvalue weighted by atomic mass is 16.5. The first-order valence-corrected chi connectivity index (χ1v) is 8.54. The largest absolute Gasteiger partial charge is 0.492 e. The number of H-pyrrole nitrogens is 1. The number of carbonyl (C=O) groups is 1. The normalized spacial score (nSPS) is 14.2. The van der Waals surface area contributed by atoms with Crippen molar-refractivity contribution in [2.24, 2.45) is 0 Å². The fourth-order valence-electron chi connectivity index (χ4n) is 2.74. The summed E-state index contributed by atoms with van der Waals surface area (Å²) in [5.74, 6) is 0.679. The predicted molar refractivity (Wildman–Crippen MR) is 95.0 cm³/mol. The van der Waals surface area contributed by atoms with E-state index in [0.717, 1.165) is 43.3 Å². The molecule has 0 spiro atoms. The van der Waals surface area contributed by atoms with E-state index in [0.29, 0.717) is 18.8 Å². The molecule has 2 aromatic rings. The van der Waals surface area contributed by atoms with Gasteiger partial charge < -0.3 is 19.7 Å². The molecule has 2 N–H and O–H groups in total. The molecule has 1 fully saturated rings. The van der Waals surface area contributed by atoms with Crippen LogP contribution in [0, 0.1) is 6.92 Å². The number of aromatic amines is 1. The molecule has 1 aliphatic heterocycles. The lowest BCUT2D eigenvalue weighted by Gasteiger charge is -2.28. The number of aromatic nitrogens is 1. The summed E-state index contributed by atoms with van der Waals surface area (Å²) in [4.78, 5) is 17.5. The summed E-state index contributed by atoms with van der Waals surface area (Å²) < 4.78 is 11.0. The quantitative estimate of drug-likeness (QED) is 0.807. The minimum Gasteiger partial charge on any atom is -0.492 e. The number of hydrogen-bond donors (Lipinski definition) is 1. The van der Waals surface area contributed by atoms with E-state index in [4.69, 9.17) is 9.47 Å². The van der Waals surface area contributed by atoms with Crippen LogP contribution in [0.2, 0.25) is 0 Å². The molecule has 25 heavy (non-hydrogen) atoms. The lowest BCUT2D eigenvalue weighted by atomic mass is 10.2. The monoisotopic (exact) mass is 342 g/mol. The minimum atomic E-state index is -0.136. The molecular formula is C19H24N3O3+. The number of aryl methyl sites for hydroxylation is 1. The van der Waals surface area contributed by atoms with Crippen LogP contribution in [0.5, 0.6) is 5.75 Å². The van der Waals surface area contributed by atoms with Crippen molar-refractivity contribution in [2.75, 3.05) is 44.4 Å². The second-order valence-electron chi connectivity index (χ2n) is 5.98. The number of morpholine rings is 1. The smallest absolute Gasteiger partial charge is 0.316 e. The van der Waals surface area contributed by atoms with Gasteiger partial charge in [0.15, 0.2) is 6.20 Å². The third kappa shape index (κ3) is 4.93. The second kappa shape index (κ2) is 8.48. The van der Waals surface area contributed by atoms with Gasteiger partial charge in [-0.1, -0.05) is 12.1 Å². The van der Waals surface area contributed by atoms with Gasteiger partial charge in [-0.05, 0) is 24.6 Å². The molecule has 3 rings (SSSR count). The van der Waals surface area contributed by atoms with Crippen molar-refractivity contribution in [3.63, 3.8) is 0 Å². The Balaban J connectivity index is 1.49. The van der Waals surface area contributed by atoms with E-state index in [1.807, 2.05) is 43.3 Å². The Morgan fingerprint density at radius 3 is 2.92 bits per heavy atom. The molecule has 1 amide bonds. The Bertz CT molecular complexity index is 715. The number of carbonyl (C=O) groups excluding carboxylic acids is 1. The molecule has 0 bridgehead atoms. The summed E-state index contributed by atoms with van der Waals surface area (Å²) >= 11 is 0. The van der Waals surface area contributed by atoms with Gasteiger partial charge in [0.2, 0.25) is 0 Å². The lowest BCUT2D eigenvalue weighted by molar-refractivity contribution is -0.382. The van der Waals surface area contributed by atoms with Gasteiger partial charge in [-0.15, -0.1) is 0 Å². The van der Waals surface area contributed by atoms with Crippen molar-refractivity contribution in [3.8, 4) is 5.75 Å². The number of nitrogens with one attached hydrogen (secondary N) is 2. The van der Waals surface area contributed by atoms with Crippen LogP contribution in [-0.2, 0) is 4.74 Å². The van der Waals surface area contributed by atoms with Crippen LogP contribution < -0.4 is 19.9 Å². The molecule has 0 aliphatic carbocycles. The first kappa shape index (κ1) is 17.2. The third-order valence-electron chi connectivity index (χ3n) is 4.05. The number of amides is 1. The molecule has 2 heterocycles. The van der Waals surface area contributed by atoms with Crippen LogP contribution in [0.3, 0.4) is 0 Å². The molecule has 132 valence electrons. The van der Waals surface area contributed by atoms with E-state index >= 15 is 0 Å². The summed E-state index contributed by atoms with van der Waals surface area (Å²) in [7, 11) is 0. The molecule has 6 heteroatoms. The predicted octanol–water partition coefficient (Wildman–Crippen LogP) is 1.45. The second-order valence-corrected chi connectivity index (χ2v) is 5.98. The molecular weight excluding hydrogens is 318 g/mol. The van der Waals surface area contributed by atoms with Crippen LogP contribution in [0.15, 0.2) is 42.6 Å². The zero-order chi connectivity index (χ0) is 17.5. The number of hydrogen-bond acceptors (Lipinski definition) is 4. The number of nitrogens with zero attached hydrogens (tertiary/aromatic N) is 1. The van der Waals surface area contributed by atoms with E-state index in [2.05, 4.69) is 15.2 Å². The maximum Gasteiger partial charge on any atom is 0.316 e. The van der Waals surface area contributed by atoms with Crippen molar-refractivity contribution in [1.82, 2.24) is 5.32 Å². The van der Waals surface area contributed by atoms with Gasteiger partial charge in [0, 0.05) is 30.9 Å². The number of benzene rings is 1. The molecule has 0 saturated carbocycles. The van der Waals surface area contributed by atoms with Crippen molar-refractivity contribution in [3.05, 3.63) is 53.9 Å². The van der Waals surface area contributed by atoms with E-state index in [9.17, 15) is 4.79 Å². The Labute approximate surface area is 147 Å². The van der Waals surface area contributed by atoms with Gasteiger partial charge in [-0.25, -0.2) is 4.98 Å². The topological polar surface area (TPSA) is 64.9 Å². The lowest BCUT2D eigenvalue weighted by Crippen LogP contribution is -2.37. The van der Waals surface area contributed by atoms with Gasteiger partial charge in [0.05, 0.1) is 19.8 Å². The van der Waals surface area contributed by atoms with Gasteiger partial charge in [-0.3, -0.25) is 4.79 Å². The van der Waals surface area contributed by atoms with Gasteiger partial charge >= 0.3 is 5.91 Å². The van der Waals surface area contributed by atoms with Crippen LogP contribution in [-0.4, -0.2) is 45.4 Å². The summed E-state index contributed by atoms with van der Waals surface area (Å²) in [6.45, 7) is 6.02. The Morgan fingerprint density at radius 2 is 2.12 bits per heavy atom. The molecule has 6 nitrogen and oxygen atoms in total. The van der Waals surface area contributed by atoms with Gasteiger partial charge in [-0.2, -0.15) is 0 Å². The fraction of sp³-hybridized carbons (Fsp3) is 0.368. The maximum absolute atomic E-state index is 12.3. The zero-order valence-corrected chi connectivity index (χ0v) is 14.5. The molecule has 0 atom stereocenters. The molecule has 0 unspecified atom stereocenters. The zero-order valence-electron chi connectivity index (χ0n) is 14.5. The fourth-order valence-corrected chi connectivity index (χ4v) is 2.74. The highest BCUT2D eigenvalue weighted by molar-refractivity contribution is 5.91.